The first-order valence-corrected chi connectivity index (χ1v) is 7.79. The number of carbonyl (C=O) groups is 1. The number of hydrogen-bond acceptors (Lipinski definition) is 3. The van der Waals surface area contributed by atoms with Gasteiger partial charge in [0.2, 0.25) is 0 Å². The molecule has 1 aliphatic rings. The monoisotopic (exact) mass is 341 g/mol. The second kappa shape index (κ2) is 5.59. The Kier molecular flexibility index (Phi) is 3.87. The van der Waals surface area contributed by atoms with Crippen LogP contribution in [0.4, 0.5) is 18.9 Å². The third-order valence-electron chi connectivity index (χ3n) is 3.67. The number of rotatable bonds is 2. The Morgan fingerprint density at radius 2 is 1.91 bits per heavy atom. The Morgan fingerprint density at radius 1 is 1.26 bits per heavy atom. The molecule has 8 heteroatoms. The van der Waals surface area contributed by atoms with Gasteiger partial charge in [-0.05, 0) is 49.9 Å². The quantitative estimate of drug-likeness (QED) is 0.774. The smallest absolute Gasteiger partial charge is 0.305 e. The van der Waals surface area contributed by atoms with Crippen molar-refractivity contribution in [3.8, 4) is 0 Å². The number of nitrogens with zero attached hydrogens (tertiary/aromatic N) is 3. The fourth-order valence-corrected chi connectivity index (χ4v) is 3.19. The first-order chi connectivity index (χ1) is 10.8. The van der Waals surface area contributed by atoms with Crippen molar-refractivity contribution in [2.75, 3.05) is 11.4 Å². The highest BCUT2D eigenvalue weighted by Gasteiger charge is 2.33. The van der Waals surface area contributed by atoms with Crippen LogP contribution < -0.4 is 4.90 Å². The predicted octanol–water partition coefficient (Wildman–Crippen LogP) is 4.02. The lowest BCUT2D eigenvalue weighted by atomic mass is 10.1. The molecule has 2 heterocycles. The molecule has 0 fully saturated rings. The first-order valence-electron chi connectivity index (χ1n) is 6.98. The Bertz CT molecular complexity index is 739. The van der Waals surface area contributed by atoms with Gasteiger partial charge in [0.05, 0.1) is 12.2 Å². The molecule has 3 rings (SSSR count). The van der Waals surface area contributed by atoms with Crippen LogP contribution in [0.15, 0.2) is 35.4 Å². The number of thioether (sulfide) groups is 1. The molecule has 1 aromatic heterocycles. The molecule has 1 amide bonds. The zero-order valence-electron chi connectivity index (χ0n) is 12.5. The standard InChI is InChI=1S/C15H14F3N3OS/c1-9-7-19-21-10(2)8-20(14(22)13(9)21)11-3-5-12(6-4-11)23-15(16,17)18/h3-7,10H,8H2,1-2H3. The summed E-state index contributed by atoms with van der Waals surface area (Å²) in [5.74, 6) is -0.186. The van der Waals surface area contributed by atoms with E-state index in [2.05, 4.69) is 5.10 Å². The SMILES string of the molecule is Cc1cnn2c1C(=O)N(c1ccc(SC(F)(F)F)cc1)CC2C. The number of aryl methyl sites for hydroxylation is 1. The lowest BCUT2D eigenvalue weighted by Crippen LogP contribution is -2.42. The molecule has 0 bridgehead atoms. The van der Waals surface area contributed by atoms with Crippen molar-refractivity contribution in [1.82, 2.24) is 9.78 Å². The van der Waals surface area contributed by atoms with Crippen molar-refractivity contribution in [3.63, 3.8) is 0 Å². The summed E-state index contributed by atoms with van der Waals surface area (Å²) in [6.45, 7) is 4.19. The highest BCUT2D eigenvalue weighted by atomic mass is 32.2. The molecule has 0 aliphatic carbocycles. The van der Waals surface area contributed by atoms with E-state index in [9.17, 15) is 18.0 Å². The topological polar surface area (TPSA) is 38.1 Å². The number of alkyl halides is 3. The van der Waals surface area contributed by atoms with E-state index in [0.717, 1.165) is 5.56 Å². The van der Waals surface area contributed by atoms with Gasteiger partial charge in [0.15, 0.2) is 0 Å². The largest absolute Gasteiger partial charge is 0.446 e. The van der Waals surface area contributed by atoms with Gasteiger partial charge in [-0.1, -0.05) is 0 Å². The summed E-state index contributed by atoms with van der Waals surface area (Å²) in [6, 6.07) is 5.84. The third kappa shape index (κ3) is 3.08. The normalized spacial score (nSPS) is 18.2. The summed E-state index contributed by atoms with van der Waals surface area (Å²) in [4.78, 5) is 14.3. The van der Waals surface area contributed by atoms with Crippen LogP contribution in [0.25, 0.3) is 0 Å². The molecule has 1 aliphatic heterocycles. The number of amides is 1. The Morgan fingerprint density at radius 3 is 2.52 bits per heavy atom. The van der Waals surface area contributed by atoms with Crippen molar-refractivity contribution in [3.05, 3.63) is 41.7 Å². The molecular formula is C15H14F3N3OS. The number of aromatic nitrogens is 2. The van der Waals surface area contributed by atoms with Crippen molar-refractivity contribution >= 4 is 23.4 Å². The van der Waals surface area contributed by atoms with E-state index in [1.807, 2.05) is 13.8 Å². The fourth-order valence-electron chi connectivity index (χ4n) is 2.65. The van der Waals surface area contributed by atoms with Crippen LogP contribution in [0.1, 0.15) is 29.0 Å². The van der Waals surface area contributed by atoms with E-state index in [0.29, 0.717) is 17.9 Å². The maximum absolute atomic E-state index is 12.6. The van der Waals surface area contributed by atoms with Gasteiger partial charge in [-0.3, -0.25) is 9.48 Å². The van der Waals surface area contributed by atoms with Gasteiger partial charge in [0.1, 0.15) is 5.69 Å². The second-order valence-electron chi connectivity index (χ2n) is 5.43. The van der Waals surface area contributed by atoms with Crippen LogP contribution in [0.2, 0.25) is 0 Å². The van der Waals surface area contributed by atoms with E-state index in [1.54, 1.807) is 27.9 Å². The van der Waals surface area contributed by atoms with E-state index < -0.39 is 5.51 Å². The van der Waals surface area contributed by atoms with Gasteiger partial charge in [-0.25, -0.2) is 0 Å². The third-order valence-corrected chi connectivity index (χ3v) is 4.41. The summed E-state index contributed by atoms with van der Waals surface area (Å²) < 4.78 is 38.8. The minimum atomic E-state index is -4.32. The summed E-state index contributed by atoms with van der Waals surface area (Å²) >= 11 is -0.168. The molecule has 0 saturated carbocycles. The number of anilines is 1. The molecule has 1 atom stereocenters. The molecule has 0 N–H and O–H groups in total. The Balaban J connectivity index is 1.88. The summed E-state index contributed by atoms with van der Waals surface area (Å²) in [5.41, 5.74) is -2.42. The maximum atomic E-state index is 12.6. The molecule has 0 spiro atoms. The number of hydrogen-bond donors (Lipinski definition) is 0. The van der Waals surface area contributed by atoms with Crippen molar-refractivity contribution in [2.45, 2.75) is 30.3 Å². The van der Waals surface area contributed by atoms with E-state index in [4.69, 9.17) is 0 Å². The van der Waals surface area contributed by atoms with E-state index in [-0.39, 0.29) is 28.6 Å². The van der Waals surface area contributed by atoms with Crippen molar-refractivity contribution in [1.29, 1.82) is 0 Å². The molecule has 0 saturated heterocycles. The zero-order chi connectivity index (χ0) is 16.8. The molecular weight excluding hydrogens is 327 g/mol. The average Bonchev–Trinajstić information content (AvgIpc) is 2.85. The average molecular weight is 341 g/mol. The minimum Gasteiger partial charge on any atom is -0.305 e. The Labute approximate surface area is 135 Å². The van der Waals surface area contributed by atoms with Crippen molar-refractivity contribution in [2.24, 2.45) is 0 Å². The van der Waals surface area contributed by atoms with Gasteiger partial charge in [-0.2, -0.15) is 18.3 Å². The maximum Gasteiger partial charge on any atom is 0.446 e. The van der Waals surface area contributed by atoms with Gasteiger partial charge in [0, 0.05) is 22.7 Å². The molecule has 0 radical (unpaired) electrons. The number of benzene rings is 1. The second-order valence-corrected chi connectivity index (χ2v) is 6.57. The fraction of sp³-hybridized carbons (Fsp3) is 0.333. The molecule has 23 heavy (non-hydrogen) atoms. The lowest BCUT2D eigenvalue weighted by Gasteiger charge is -2.32. The first kappa shape index (κ1) is 15.9. The highest BCUT2D eigenvalue weighted by molar-refractivity contribution is 8.00. The summed E-state index contributed by atoms with van der Waals surface area (Å²) in [6.07, 6.45) is 1.65. The van der Waals surface area contributed by atoms with Crippen LogP contribution in [0.3, 0.4) is 0 Å². The molecule has 1 unspecified atom stereocenters. The number of fused-ring (bicyclic) bond motifs is 1. The van der Waals surface area contributed by atoms with Crippen LogP contribution in [-0.2, 0) is 0 Å². The lowest BCUT2D eigenvalue weighted by molar-refractivity contribution is -0.0328. The minimum absolute atomic E-state index is 0.000580. The van der Waals surface area contributed by atoms with Crippen LogP contribution in [0, 0.1) is 6.92 Å². The molecule has 1 aromatic carbocycles. The van der Waals surface area contributed by atoms with E-state index >= 15 is 0 Å². The number of carbonyl (C=O) groups excluding carboxylic acids is 1. The highest BCUT2D eigenvalue weighted by Crippen LogP contribution is 2.37. The van der Waals surface area contributed by atoms with Gasteiger partial charge >= 0.3 is 5.51 Å². The van der Waals surface area contributed by atoms with Gasteiger partial charge < -0.3 is 4.90 Å². The summed E-state index contributed by atoms with van der Waals surface area (Å²) in [7, 11) is 0. The van der Waals surface area contributed by atoms with Crippen LogP contribution in [0.5, 0.6) is 0 Å². The van der Waals surface area contributed by atoms with Crippen LogP contribution in [-0.4, -0.2) is 27.7 Å². The number of halogens is 3. The zero-order valence-corrected chi connectivity index (χ0v) is 13.3. The van der Waals surface area contributed by atoms with Crippen LogP contribution >= 0.6 is 11.8 Å². The predicted molar refractivity (Wildman–Crippen MR) is 81.7 cm³/mol. The summed E-state index contributed by atoms with van der Waals surface area (Å²) in [5, 5.41) is 4.21. The molecule has 122 valence electrons. The van der Waals surface area contributed by atoms with Gasteiger partial charge in [-0.15, -0.1) is 0 Å². The van der Waals surface area contributed by atoms with Gasteiger partial charge in [0.25, 0.3) is 5.91 Å². The molecule has 4 nitrogen and oxygen atoms in total. The molecule has 2 aromatic rings. The van der Waals surface area contributed by atoms with E-state index in [1.165, 1.54) is 12.1 Å². The van der Waals surface area contributed by atoms with Crippen molar-refractivity contribution < 1.29 is 18.0 Å². The Hall–Kier alpha value is -1.96.